The molecular formula is C26H31Cl2N5O5. The Morgan fingerprint density at radius 3 is 2.55 bits per heavy atom. The molecule has 204 valence electrons. The maximum Gasteiger partial charge on any atom is 0.329 e. The van der Waals surface area contributed by atoms with Gasteiger partial charge in [-0.2, -0.15) is 0 Å². The minimum atomic E-state index is -1.19. The van der Waals surface area contributed by atoms with Crippen molar-refractivity contribution in [3.63, 3.8) is 0 Å². The number of aromatic amines is 1. The fourth-order valence-electron chi connectivity index (χ4n) is 4.04. The molecule has 0 amide bonds. The Balaban J connectivity index is 0.00000400. The fraction of sp³-hybridized carbons (Fsp3) is 0.346. The molecule has 4 rings (SSSR count). The largest absolute Gasteiger partial charge is 0.491 e. The highest BCUT2D eigenvalue weighted by Crippen LogP contribution is 2.18. The molecule has 0 aliphatic heterocycles. The lowest BCUT2D eigenvalue weighted by atomic mass is 10.2. The highest BCUT2D eigenvalue weighted by molar-refractivity contribution is 6.30. The minimum Gasteiger partial charge on any atom is -0.491 e. The lowest BCUT2D eigenvalue weighted by Gasteiger charge is -2.15. The molecule has 0 aliphatic rings. The van der Waals surface area contributed by atoms with Gasteiger partial charge in [0.2, 0.25) is 0 Å². The molecule has 0 bridgehead atoms. The molecule has 0 saturated carbocycles. The van der Waals surface area contributed by atoms with Crippen molar-refractivity contribution in [1.82, 2.24) is 24.0 Å². The zero-order valence-electron chi connectivity index (χ0n) is 21.4. The predicted octanol–water partition coefficient (Wildman–Crippen LogP) is 2.56. The van der Waals surface area contributed by atoms with E-state index in [0.717, 1.165) is 23.4 Å². The number of nitrogens with zero attached hydrogens (tertiary/aromatic N) is 4. The van der Waals surface area contributed by atoms with Crippen molar-refractivity contribution in [2.75, 3.05) is 27.3 Å². The van der Waals surface area contributed by atoms with Gasteiger partial charge in [0.05, 0.1) is 13.0 Å². The smallest absolute Gasteiger partial charge is 0.329 e. The number of imidazole rings is 1. The highest BCUT2D eigenvalue weighted by Gasteiger charge is 2.20. The summed E-state index contributed by atoms with van der Waals surface area (Å²) in [4.78, 5) is 33.7. The van der Waals surface area contributed by atoms with Crippen LogP contribution in [0.25, 0.3) is 11.2 Å². The Labute approximate surface area is 230 Å². The SMILES string of the molecule is CN(C)Cc1cccc(OCCOC(O)Cc2nc3c(c(=O)[nH]c(=O)n3C)n2Cc2ccc(Cl)cc2)c1.Cl. The van der Waals surface area contributed by atoms with Crippen LogP contribution in [0.2, 0.25) is 5.02 Å². The van der Waals surface area contributed by atoms with Crippen LogP contribution < -0.4 is 16.0 Å². The summed E-state index contributed by atoms with van der Waals surface area (Å²) in [6, 6.07) is 15.0. The number of aryl methyl sites for hydroxylation is 1. The first-order valence-corrected chi connectivity index (χ1v) is 12.2. The quantitative estimate of drug-likeness (QED) is 0.213. The first-order chi connectivity index (χ1) is 17.7. The number of hydrogen-bond donors (Lipinski definition) is 2. The van der Waals surface area contributed by atoms with Crippen LogP contribution in [0.15, 0.2) is 58.1 Å². The molecule has 2 aromatic heterocycles. The third-order valence-corrected chi connectivity index (χ3v) is 6.01. The Bertz CT molecular complexity index is 1480. The van der Waals surface area contributed by atoms with Crippen LogP contribution in [0, 0.1) is 0 Å². The van der Waals surface area contributed by atoms with E-state index in [1.165, 1.54) is 11.6 Å². The van der Waals surface area contributed by atoms with Crippen LogP contribution in [-0.2, 0) is 31.3 Å². The van der Waals surface area contributed by atoms with Gasteiger partial charge in [-0.05, 0) is 49.5 Å². The molecule has 0 aliphatic carbocycles. The van der Waals surface area contributed by atoms with Crippen molar-refractivity contribution in [2.45, 2.75) is 25.8 Å². The summed E-state index contributed by atoms with van der Waals surface area (Å²) in [5, 5.41) is 11.2. The van der Waals surface area contributed by atoms with Gasteiger partial charge in [0.25, 0.3) is 5.56 Å². The fourth-order valence-corrected chi connectivity index (χ4v) is 4.16. The number of aliphatic hydroxyl groups is 1. The Kier molecular flexibility index (Phi) is 10.1. The number of aromatic nitrogens is 4. The molecule has 0 saturated heterocycles. The number of aliphatic hydroxyl groups excluding tert-OH is 1. The first kappa shape index (κ1) is 29.4. The van der Waals surface area contributed by atoms with Gasteiger partial charge in [0.15, 0.2) is 17.5 Å². The minimum absolute atomic E-state index is 0. The molecule has 0 spiro atoms. The van der Waals surface area contributed by atoms with Gasteiger partial charge >= 0.3 is 5.69 Å². The van der Waals surface area contributed by atoms with Crippen LogP contribution in [0.1, 0.15) is 17.0 Å². The number of halogens is 2. The van der Waals surface area contributed by atoms with E-state index in [1.807, 2.05) is 50.5 Å². The van der Waals surface area contributed by atoms with E-state index >= 15 is 0 Å². The van der Waals surface area contributed by atoms with Crippen LogP contribution >= 0.6 is 24.0 Å². The number of nitrogens with one attached hydrogen (secondary N) is 1. The summed E-state index contributed by atoms with van der Waals surface area (Å²) in [5.74, 6) is 1.13. The molecule has 4 aromatic rings. The predicted molar refractivity (Wildman–Crippen MR) is 148 cm³/mol. The Hall–Kier alpha value is -3.15. The molecule has 2 N–H and O–H groups in total. The van der Waals surface area contributed by atoms with Gasteiger partial charge in [-0.3, -0.25) is 14.3 Å². The van der Waals surface area contributed by atoms with Crippen molar-refractivity contribution in [1.29, 1.82) is 0 Å². The molecule has 38 heavy (non-hydrogen) atoms. The average Bonchev–Trinajstić information content (AvgIpc) is 3.20. The molecule has 12 heteroatoms. The van der Waals surface area contributed by atoms with Gasteiger partial charge < -0.3 is 24.0 Å². The second kappa shape index (κ2) is 13.1. The second-order valence-electron chi connectivity index (χ2n) is 8.99. The molecule has 2 aromatic carbocycles. The second-order valence-corrected chi connectivity index (χ2v) is 9.43. The number of rotatable bonds is 11. The van der Waals surface area contributed by atoms with Gasteiger partial charge in [-0.1, -0.05) is 35.9 Å². The van der Waals surface area contributed by atoms with E-state index in [0.29, 0.717) is 17.4 Å². The van der Waals surface area contributed by atoms with Crippen molar-refractivity contribution in [2.24, 2.45) is 7.05 Å². The van der Waals surface area contributed by atoms with Gasteiger partial charge in [-0.15, -0.1) is 12.4 Å². The van der Waals surface area contributed by atoms with E-state index in [-0.39, 0.29) is 43.2 Å². The standard InChI is InChI=1S/C26H30ClN5O5.ClH/c1-30(2)15-18-5-4-6-20(13-18)36-11-12-37-22(33)14-21-28-24-23(25(34)29-26(35)31(24)3)32(21)16-17-7-9-19(27)10-8-17;/h4-10,13,22,33H,11-12,14-16H2,1-3H3,(H,29,34,35);1H. The lowest BCUT2D eigenvalue weighted by Crippen LogP contribution is -2.29. The molecule has 1 unspecified atom stereocenters. The third kappa shape index (κ3) is 7.24. The van der Waals surface area contributed by atoms with Gasteiger partial charge in [0, 0.05) is 25.2 Å². The lowest BCUT2D eigenvalue weighted by molar-refractivity contribution is -0.104. The summed E-state index contributed by atoms with van der Waals surface area (Å²) in [6.07, 6.45) is -1.19. The van der Waals surface area contributed by atoms with Crippen molar-refractivity contribution in [3.8, 4) is 5.75 Å². The summed E-state index contributed by atoms with van der Waals surface area (Å²) in [7, 11) is 5.53. The monoisotopic (exact) mass is 563 g/mol. The molecule has 10 nitrogen and oxygen atoms in total. The summed E-state index contributed by atoms with van der Waals surface area (Å²) in [6.45, 7) is 1.49. The average molecular weight is 564 g/mol. The van der Waals surface area contributed by atoms with Crippen molar-refractivity contribution in [3.05, 3.63) is 91.3 Å². The zero-order chi connectivity index (χ0) is 26.5. The number of H-pyrrole nitrogens is 1. The normalized spacial score (nSPS) is 12.1. The molecule has 1 atom stereocenters. The molecule has 0 fully saturated rings. The van der Waals surface area contributed by atoms with E-state index in [4.69, 9.17) is 21.1 Å². The molecule has 2 heterocycles. The number of fused-ring (bicyclic) bond motifs is 1. The van der Waals surface area contributed by atoms with Crippen molar-refractivity contribution < 1.29 is 14.6 Å². The van der Waals surface area contributed by atoms with E-state index < -0.39 is 17.5 Å². The Morgan fingerprint density at radius 1 is 1.11 bits per heavy atom. The third-order valence-electron chi connectivity index (χ3n) is 5.76. The van der Waals surface area contributed by atoms with E-state index in [9.17, 15) is 14.7 Å². The maximum atomic E-state index is 12.7. The van der Waals surface area contributed by atoms with E-state index in [2.05, 4.69) is 14.9 Å². The van der Waals surface area contributed by atoms with Gasteiger partial charge in [0.1, 0.15) is 18.2 Å². The maximum absolute atomic E-state index is 12.7. The number of benzene rings is 2. The van der Waals surface area contributed by atoms with Gasteiger partial charge in [-0.25, -0.2) is 9.78 Å². The Morgan fingerprint density at radius 2 is 1.84 bits per heavy atom. The summed E-state index contributed by atoms with van der Waals surface area (Å²) >= 11 is 6.01. The first-order valence-electron chi connectivity index (χ1n) is 11.8. The van der Waals surface area contributed by atoms with Crippen molar-refractivity contribution >= 4 is 35.2 Å². The van der Waals surface area contributed by atoms with E-state index in [1.54, 1.807) is 16.7 Å². The van der Waals surface area contributed by atoms with Crippen LogP contribution in [-0.4, -0.2) is 62.7 Å². The highest BCUT2D eigenvalue weighted by atomic mass is 35.5. The molecule has 0 radical (unpaired) electrons. The molecular weight excluding hydrogens is 533 g/mol. The topological polar surface area (TPSA) is 115 Å². The summed E-state index contributed by atoms with van der Waals surface area (Å²) in [5.41, 5.74) is 1.35. The number of ether oxygens (including phenoxy) is 2. The van der Waals surface area contributed by atoms with Crippen LogP contribution in [0.4, 0.5) is 0 Å². The van der Waals surface area contributed by atoms with Crippen LogP contribution in [0.3, 0.4) is 0 Å². The summed E-state index contributed by atoms with van der Waals surface area (Å²) < 4.78 is 14.3. The number of hydrogen-bond acceptors (Lipinski definition) is 7. The zero-order valence-corrected chi connectivity index (χ0v) is 23.0. The van der Waals surface area contributed by atoms with Crippen LogP contribution in [0.5, 0.6) is 5.75 Å².